The lowest BCUT2D eigenvalue weighted by Crippen LogP contribution is -2.09. The highest BCUT2D eigenvalue weighted by Crippen LogP contribution is 2.30. The first-order valence-electron chi connectivity index (χ1n) is 4.78. The lowest BCUT2D eigenvalue weighted by atomic mass is 10.4. The van der Waals surface area contributed by atoms with Gasteiger partial charge < -0.3 is 0 Å². The SMILES string of the molecule is NS(=O)(=O)c1ccc([S@](=O)c2ccc(Cl)c(Cl)c2)s1. The Morgan fingerprint density at radius 3 is 2.32 bits per heavy atom. The molecule has 1 heterocycles. The molecule has 102 valence electrons. The Morgan fingerprint density at radius 2 is 1.79 bits per heavy atom. The summed E-state index contributed by atoms with van der Waals surface area (Å²) >= 11 is 12.5. The van der Waals surface area contributed by atoms with Crippen LogP contribution in [0.5, 0.6) is 0 Å². The number of nitrogens with two attached hydrogens (primary N) is 1. The Morgan fingerprint density at radius 1 is 1.11 bits per heavy atom. The predicted octanol–water partition coefficient (Wildman–Crippen LogP) is 2.87. The molecule has 2 aromatic rings. The first-order chi connectivity index (χ1) is 8.79. The lowest BCUT2D eigenvalue weighted by Gasteiger charge is -2.01. The maximum atomic E-state index is 12.2. The second-order valence-electron chi connectivity index (χ2n) is 3.46. The van der Waals surface area contributed by atoms with Gasteiger partial charge >= 0.3 is 0 Å². The number of benzene rings is 1. The van der Waals surface area contributed by atoms with E-state index in [4.69, 9.17) is 28.3 Å². The molecule has 2 N–H and O–H groups in total. The van der Waals surface area contributed by atoms with E-state index < -0.39 is 20.8 Å². The third kappa shape index (κ3) is 3.36. The van der Waals surface area contributed by atoms with Gasteiger partial charge in [0.15, 0.2) is 0 Å². The number of rotatable bonds is 3. The molecular formula is C10H7Cl2NO3S3. The van der Waals surface area contributed by atoms with Crippen LogP contribution in [0.15, 0.2) is 43.6 Å². The molecule has 0 radical (unpaired) electrons. The fraction of sp³-hybridized carbons (Fsp3) is 0. The van der Waals surface area contributed by atoms with Crippen molar-refractivity contribution in [2.45, 2.75) is 13.3 Å². The monoisotopic (exact) mass is 355 g/mol. The van der Waals surface area contributed by atoms with Crippen LogP contribution >= 0.6 is 34.5 Å². The molecule has 0 fully saturated rings. The van der Waals surface area contributed by atoms with Crippen LogP contribution in [0.4, 0.5) is 0 Å². The van der Waals surface area contributed by atoms with Gasteiger partial charge in [-0.1, -0.05) is 23.2 Å². The zero-order chi connectivity index (χ0) is 14.2. The zero-order valence-corrected chi connectivity index (χ0v) is 13.1. The highest BCUT2D eigenvalue weighted by molar-refractivity contribution is 7.92. The van der Waals surface area contributed by atoms with Crippen LogP contribution in [-0.2, 0) is 20.8 Å². The van der Waals surface area contributed by atoms with Gasteiger partial charge in [0.2, 0.25) is 10.0 Å². The van der Waals surface area contributed by atoms with Gasteiger partial charge in [-0.15, -0.1) is 11.3 Å². The largest absolute Gasteiger partial charge is 0.248 e. The second kappa shape index (κ2) is 5.51. The zero-order valence-electron chi connectivity index (χ0n) is 9.17. The minimum atomic E-state index is -3.78. The van der Waals surface area contributed by atoms with E-state index in [0.717, 1.165) is 11.3 Å². The van der Waals surface area contributed by atoms with E-state index in [0.29, 0.717) is 14.1 Å². The molecule has 0 aliphatic heterocycles. The molecule has 1 atom stereocenters. The summed E-state index contributed by atoms with van der Waals surface area (Å²) < 4.78 is 34.9. The minimum absolute atomic E-state index is 0.0316. The Kier molecular flexibility index (Phi) is 4.34. The number of sulfonamides is 1. The molecule has 0 aliphatic carbocycles. The summed E-state index contributed by atoms with van der Waals surface area (Å²) in [6.07, 6.45) is 0. The molecule has 0 saturated heterocycles. The van der Waals surface area contributed by atoms with Gasteiger partial charge in [0.1, 0.15) is 4.21 Å². The van der Waals surface area contributed by atoms with Crippen molar-refractivity contribution >= 4 is 55.4 Å². The van der Waals surface area contributed by atoms with Crippen molar-refractivity contribution in [2.75, 3.05) is 0 Å². The van der Waals surface area contributed by atoms with Crippen molar-refractivity contribution < 1.29 is 12.6 Å². The van der Waals surface area contributed by atoms with Gasteiger partial charge in [-0.3, -0.25) is 0 Å². The van der Waals surface area contributed by atoms with Gasteiger partial charge in [0.05, 0.1) is 25.1 Å². The molecule has 0 spiro atoms. The summed E-state index contributed by atoms with van der Waals surface area (Å²) in [4.78, 5) is 0.442. The fourth-order valence-electron chi connectivity index (χ4n) is 1.26. The number of hydrogen-bond donors (Lipinski definition) is 1. The predicted molar refractivity (Wildman–Crippen MR) is 76.8 cm³/mol. The van der Waals surface area contributed by atoms with E-state index in [-0.39, 0.29) is 9.23 Å². The van der Waals surface area contributed by atoms with Crippen LogP contribution in [0.2, 0.25) is 10.0 Å². The van der Waals surface area contributed by atoms with Gasteiger partial charge in [-0.2, -0.15) is 0 Å². The fourth-order valence-corrected chi connectivity index (χ4v) is 4.95. The first kappa shape index (κ1) is 15.0. The van der Waals surface area contributed by atoms with Crippen LogP contribution in [0, 0.1) is 0 Å². The number of hydrogen-bond acceptors (Lipinski definition) is 4. The van der Waals surface area contributed by atoms with Gasteiger partial charge in [0, 0.05) is 4.90 Å². The van der Waals surface area contributed by atoms with E-state index in [9.17, 15) is 12.6 Å². The summed E-state index contributed by atoms with van der Waals surface area (Å²) in [6, 6.07) is 7.37. The molecule has 9 heteroatoms. The third-order valence-corrected chi connectivity index (χ3v) is 7.07. The Balaban J connectivity index is 2.39. The summed E-state index contributed by atoms with van der Waals surface area (Å²) in [5, 5.41) is 5.65. The minimum Gasteiger partial charge on any atom is -0.248 e. The van der Waals surface area contributed by atoms with Crippen LogP contribution in [0.25, 0.3) is 0 Å². The number of thiophene rings is 1. The number of halogens is 2. The van der Waals surface area contributed by atoms with Crippen molar-refractivity contribution in [2.24, 2.45) is 5.14 Å². The molecule has 0 aliphatic rings. The Hall–Kier alpha value is -0.440. The van der Waals surface area contributed by atoms with Crippen LogP contribution < -0.4 is 5.14 Å². The molecule has 0 bridgehead atoms. The topological polar surface area (TPSA) is 77.2 Å². The van der Waals surface area contributed by atoms with E-state index in [1.54, 1.807) is 6.07 Å². The quantitative estimate of drug-likeness (QED) is 0.919. The molecular weight excluding hydrogens is 349 g/mol. The van der Waals surface area contributed by atoms with Crippen LogP contribution in [0.1, 0.15) is 0 Å². The van der Waals surface area contributed by atoms with Gasteiger partial charge in [0.25, 0.3) is 0 Å². The molecule has 4 nitrogen and oxygen atoms in total. The van der Waals surface area contributed by atoms with Crippen molar-refractivity contribution in [1.29, 1.82) is 0 Å². The van der Waals surface area contributed by atoms with Gasteiger partial charge in [-0.05, 0) is 30.3 Å². The highest BCUT2D eigenvalue weighted by Gasteiger charge is 2.16. The van der Waals surface area contributed by atoms with E-state index in [2.05, 4.69) is 0 Å². The highest BCUT2D eigenvalue weighted by atomic mass is 35.5. The van der Waals surface area contributed by atoms with Crippen LogP contribution in [0.3, 0.4) is 0 Å². The summed E-state index contributed by atoms with van der Waals surface area (Å²) in [5.41, 5.74) is 0. The summed E-state index contributed by atoms with van der Waals surface area (Å²) in [5.74, 6) is 0. The second-order valence-corrected chi connectivity index (χ2v) is 8.86. The Labute approximate surface area is 126 Å². The van der Waals surface area contributed by atoms with E-state index in [1.807, 2.05) is 0 Å². The van der Waals surface area contributed by atoms with Crippen molar-refractivity contribution in [1.82, 2.24) is 0 Å². The molecule has 19 heavy (non-hydrogen) atoms. The van der Waals surface area contributed by atoms with Crippen LogP contribution in [-0.4, -0.2) is 12.6 Å². The average molecular weight is 356 g/mol. The Bertz CT molecular complexity index is 755. The molecule has 2 rings (SSSR count). The molecule has 1 aromatic heterocycles. The standard InChI is InChI=1S/C10H7Cl2NO3S3/c11-7-2-1-6(5-8(7)12)18(14)9-3-4-10(17-9)19(13,15)16/h1-5H,(H2,13,15,16)/t18-/m1/s1. The molecule has 0 saturated carbocycles. The lowest BCUT2D eigenvalue weighted by molar-refractivity contribution is 0.600. The van der Waals surface area contributed by atoms with Crippen molar-refractivity contribution in [3.05, 3.63) is 40.4 Å². The molecule has 0 unspecified atom stereocenters. The average Bonchev–Trinajstić information content (AvgIpc) is 2.81. The smallest absolute Gasteiger partial charge is 0.247 e. The normalized spacial score (nSPS) is 13.4. The maximum Gasteiger partial charge on any atom is 0.247 e. The molecule has 1 aromatic carbocycles. The van der Waals surface area contributed by atoms with Crippen molar-refractivity contribution in [3.8, 4) is 0 Å². The van der Waals surface area contributed by atoms with Crippen molar-refractivity contribution in [3.63, 3.8) is 0 Å². The third-order valence-electron chi connectivity index (χ3n) is 2.12. The van der Waals surface area contributed by atoms with Gasteiger partial charge in [-0.25, -0.2) is 17.8 Å². The van der Waals surface area contributed by atoms with E-state index >= 15 is 0 Å². The number of primary sulfonamides is 1. The molecule has 0 amide bonds. The maximum absolute atomic E-state index is 12.2. The summed E-state index contributed by atoms with van der Waals surface area (Å²) in [7, 11) is -5.30. The summed E-state index contributed by atoms with van der Waals surface area (Å²) in [6.45, 7) is 0. The first-order valence-corrected chi connectivity index (χ1v) is 9.05. The van der Waals surface area contributed by atoms with E-state index in [1.165, 1.54) is 24.3 Å².